The number of hydrogen-bond donors (Lipinski definition) is 4. The normalized spacial score (nSPS) is 24.1. The molecule has 1 aliphatic rings. The van der Waals surface area contributed by atoms with Crippen molar-refractivity contribution >= 4 is 28.0 Å². The molecule has 0 bridgehead atoms. The molecule has 0 unspecified atom stereocenters. The first-order valence-corrected chi connectivity index (χ1v) is 7.33. The van der Waals surface area contributed by atoms with Crippen molar-refractivity contribution in [1.82, 2.24) is 5.32 Å². The predicted octanol–water partition coefficient (Wildman–Crippen LogP) is -0.913. The van der Waals surface area contributed by atoms with Gasteiger partial charge < -0.3 is 15.5 Å². The van der Waals surface area contributed by atoms with E-state index in [2.05, 4.69) is 5.32 Å². The predicted molar refractivity (Wildman–Crippen MR) is 64.5 cm³/mol. The Morgan fingerprint density at radius 2 is 1.80 bits per heavy atom. The van der Waals surface area contributed by atoms with Crippen LogP contribution in [0.4, 0.5) is 0 Å². The number of carbonyl (C=O) groups is 3. The maximum atomic E-state index is 11.8. The summed E-state index contributed by atoms with van der Waals surface area (Å²) in [7, 11) is -4.22. The highest BCUT2D eigenvalue weighted by Crippen LogP contribution is 2.30. The first-order valence-electron chi connectivity index (χ1n) is 5.82. The minimum atomic E-state index is -4.22. The summed E-state index contributed by atoms with van der Waals surface area (Å²) in [6.07, 6.45) is -0.580. The van der Waals surface area contributed by atoms with Gasteiger partial charge in [0.1, 0.15) is 6.04 Å². The summed E-state index contributed by atoms with van der Waals surface area (Å²) in [5, 5.41) is 18.3. The molecule has 0 radical (unpaired) electrons. The highest BCUT2D eigenvalue weighted by molar-refractivity contribution is 7.86. The van der Waals surface area contributed by atoms with E-state index in [9.17, 15) is 22.8 Å². The van der Waals surface area contributed by atoms with Gasteiger partial charge in [-0.1, -0.05) is 0 Å². The molecule has 0 aromatic rings. The number of rotatable bonds is 6. The molecule has 0 aromatic heterocycles. The number of carbonyl (C=O) groups excluding carboxylic acids is 1. The van der Waals surface area contributed by atoms with Crippen LogP contribution in [0, 0.1) is 5.92 Å². The van der Waals surface area contributed by atoms with Crippen LogP contribution >= 0.6 is 0 Å². The maximum absolute atomic E-state index is 11.8. The molecule has 1 amide bonds. The summed E-state index contributed by atoms with van der Waals surface area (Å²) in [6, 6.07) is -1.57. The number of carboxylic acid groups (broad SMARTS) is 2. The fraction of sp³-hybridized carbons (Fsp3) is 0.700. The lowest BCUT2D eigenvalue weighted by Gasteiger charge is -2.15. The minimum absolute atomic E-state index is 0.105. The van der Waals surface area contributed by atoms with Crippen LogP contribution in [0.3, 0.4) is 0 Å². The van der Waals surface area contributed by atoms with Crippen molar-refractivity contribution < 1.29 is 37.6 Å². The molecule has 0 heterocycles. The number of hydrogen-bond acceptors (Lipinski definition) is 5. The van der Waals surface area contributed by atoms with E-state index in [0.29, 0.717) is 0 Å². The fourth-order valence-electron chi connectivity index (χ4n) is 2.11. The quantitative estimate of drug-likeness (QED) is 0.459. The number of nitrogens with one attached hydrogen (secondary N) is 1. The third-order valence-electron chi connectivity index (χ3n) is 3.17. The van der Waals surface area contributed by atoms with Crippen molar-refractivity contribution in [3.63, 3.8) is 0 Å². The largest absolute Gasteiger partial charge is 0.481 e. The Balaban J connectivity index is 2.63. The minimum Gasteiger partial charge on any atom is -0.481 e. The lowest BCUT2D eigenvalue weighted by Crippen LogP contribution is -2.44. The summed E-state index contributed by atoms with van der Waals surface area (Å²) < 4.78 is 30.7. The third kappa shape index (κ3) is 4.46. The van der Waals surface area contributed by atoms with Crippen LogP contribution in [-0.2, 0) is 24.5 Å². The van der Waals surface area contributed by atoms with E-state index in [-0.39, 0.29) is 19.3 Å². The SMILES string of the molecule is O=C(O)C[C@H](NC(=O)[C@H]1CC[C@H](S(=O)(=O)O)C1)C(=O)O. The Kier molecular flexibility index (Phi) is 5.06. The van der Waals surface area contributed by atoms with E-state index in [1.165, 1.54) is 0 Å². The molecule has 0 spiro atoms. The Morgan fingerprint density at radius 1 is 1.20 bits per heavy atom. The summed E-state index contributed by atoms with van der Waals surface area (Å²) in [5.74, 6) is -4.33. The maximum Gasteiger partial charge on any atom is 0.326 e. The van der Waals surface area contributed by atoms with Crippen LogP contribution in [0.2, 0.25) is 0 Å². The van der Waals surface area contributed by atoms with Crippen molar-refractivity contribution in [3.8, 4) is 0 Å². The zero-order valence-electron chi connectivity index (χ0n) is 10.4. The average Bonchev–Trinajstić information content (AvgIpc) is 2.75. The van der Waals surface area contributed by atoms with Crippen LogP contribution in [0.1, 0.15) is 25.7 Å². The van der Waals surface area contributed by atoms with E-state index in [0.717, 1.165) is 0 Å². The van der Waals surface area contributed by atoms with Crippen LogP contribution in [-0.4, -0.2) is 52.3 Å². The van der Waals surface area contributed by atoms with Crippen LogP contribution in [0.15, 0.2) is 0 Å². The average molecular weight is 309 g/mol. The monoisotopic (exact) mass is 309 g/mol. The Hall–Kier alpha value is -1.68. The van der Waals surface area contributed by atoms with Gasteiger partial charge >= 0.3 is 11.9 Å². The summed E-state index contributed by atoms with van der Waals surface area (Å²) in [6.45, 7) is 0. The second kappa shape index (κ2) is 6.18. The molecule has 10 heteroatoms. The smallest absolute Gasteiger partial charge is 0.326 e. The highest BCUT2D eigenvalue weighted by atomic mass is 32.2. The van der Waals surface area contributed by atoms with Gasteiger partial charge in [0.15, 0.2) is 0 Å². The third-order valence-corrected chi connectivity index (χ3v) is 4.44. The molecule has 114 valence electrons. The number of carboxylic acids is 2. The fourth-order valence-corrected chi connectivity index (χ4v) is 3.02. The molecule has 4 N–H and O–H groups in total. The topological polar surface area (TPSA) is 158 Å². The zero-order valence-corrected chi connectivity index (χ0v) is 11.2. The van der Waals surface area contributed by atoms with Gasteiger partial charge in [-0.05, 0) is 19.3 Å². The molecular formula is C10H15NO8S. The number of aliphatic carboxylic acids is 2. The first-order chi connectivity index (χ1) is 9.11. The molecule has 0 aromatic carbocycles. The standard InChI is InChI=1S/C10H15NO8S/c12-8(13)4-7(10(15)16)11-9(14)5-1-2-6(3-5)20(17,18)19/h5-7H,1-4H2,(H,11,14)(H,12,13)(H,15,16)(H,17,18,19)/t5-,6-,7-/m0/s1. The second-order valence-corrected chi connectivity index (χ2v) is 6.34. The molecule has 1 rings (SSSR count). The zero-order chi connectivity index (χ0) is 15.5. The van der Waals surface area contributed by atoms with E-state index in [4.69, 9.17) is 14.8 Å². The second-order valence-electron chi connectivity index (χ2n) is 4.64. The summed E-state index contributed by atoms with van der Waals surface area (Å²) in [4.78, 5) is 33.0. The van der Waals surface area contributed by atoms with Crippen molar-refractivity contribution in [2.24, 2.45) is 5.92 Å². The van der Waals surface area contributed by atoms with E-state index in [1.54, 1.807) is 0 Å². The summed E-state index contributed by atoms with van der Waals surface area (Å²) >= 11 is 0. The van der Waals surface area contributed by atoms with Gasteiger partial charge in [-0.15, -0.1) is 0 Å². The Morgan fingerprint density at radius 3 is 2.20 bits per heavy atom. The van der Waals surface area contributed by atoms with E-state index in [1.807, 2.05) is 0 Å². The van der Waals surface area contributed by atoms with Crippen LogP contribution in [0.25, 0.3) is 0 Å². The Labute approximate surface area is 114 Å². The molecule has 1 fully saturated rings. The molecule has 20 heavy (non-hydrogen) atoms. The number of amides is 1. The highest BCUT2D eigenvalue weighted by Gasteiger charge is 2.37. The Bertz CT molecular complexity index is 513. The lowest BCUT2D eigenvalue weighted by molar-refractivity contribution is -0.147. The molecule has 0 saturated heterocycles. The molecular weight excluding hydrogens is 294 g/mol. The van der Waals surface area contributed by atoms with Gasteiger partial charge in [0, 0.05) is 5.92 Å². The van der Waals surface area contributed by atoms with Gasteiger partial charge in [0.25, 0.3) is 10.1 Å². The van der Waals surface area contributed by atoms with Gasteiger partial charge in [-0.2, -0.15) is 8.42 Å². The molecule has 1 aliphatic carbocycles. The van der Waals surface area contributed by atoms with E-state index >= 15 is 0 Å². The van der Waals surface area contributed by atoms with E-state index < -0.39 is 51.6 Å². The molecule has 3 atom stereocenters. The van der Waals surface area contributed by atoms with Gasteiger partial charge in [-0.25, -0.2) is 4.79 Å². The van der Waals surface area contributed by atoms with Crippen molar-refractivity contribution in [2.45, 2.75) is 37.0 Å². The molecule has 0 aliphatic heterocycles. The van der Waals surface area contributed by atoms with Crippen molar-refractivity contribution in [1.29, 1.82) is 0 Å². The lowest BCUT2D eigenvalue weighted by atomic mass is 10.1. The summed E-state index contributed by atoms with van der Waals surface area (Å²) in [5.41, 5.74) is 0. The van der Waals surface area contributed by atoms with Crippen LogP contribution in [0.5, 0.6) is 0 Å². The van der Waals surface area contributed by atoms with Gasteiger partial charge in [0.05, 0.1) is 11.7 Å². The van der Waals surface area contributed by atoms with Gasteiger partial charge in [0.2, 0.25) is 5.91 Å². The van der Waals surface area contributed by atoms with Crippen LogP contribution < -0.4 is 5.32 Å². The molecule has 1 saturated carbocycles. The van der Waals surface area contributed by atoms with Crippen molar-refractivity contribution in [3.05, 3.63) is 0 Å². The molecule has 9 nitrogen and oxygen atoms in total. The van der Waals surface area contributed by atoms with Gasteiger partial charge in [-0.3, -0.25) is 14.1 Å². The first kappa shape index (κ1) is 16.4. The van der Waals surface area contributed by atoms with Crippen molar-refractivity contribution in [2.75, 3.05) is 0 Å².